The first-order chi connectivity index (χ1) is 9.30. The first-order valence-corrected chi connectivity index (χ1v) is 6.37. The highest BCUT2D eigenvalue weighted by Crippen LogP contribution is 2.32. The molecule has 0 saturated heterocycles. The zero-order valence-corrected chi connectivity index (χ0v) is 12.1. The zero-order chi connectivity index (χ0) is 15.2. The molecule has 1 N–H and O–H groups in total. The molecule has 0 aromatic carbocycles. The fourth-order valence-corrected chi connectivity index (χ4v) is 1.55. The number of nitrogens with zero attached hydrogens (tertiary/aromatic N) is 2. The topological polar surface area (TPSA) is 37.4 Å². The maximum atomic E-state index is 12.4. The Bertz CT molecular complexity index is 427. The second-order valence-electron chi connectivity index (χ2n) is 4.39. The van der Waals surface area contributed by atoms with E-state index < -0.39 is 11.7 Å². The molecule has 1 aromatic heterocycles. The molecule has 0 fully saturated rings. The molecule has 1 heterocycles. The Morgan fingerprint density at radius 2 is 2.05 bits per heavy atom. The second-order valence-corrected chi connectivity index (χ2v) is 4.80. The highest BCUT2D eigenvalue weighted by atomic mass is 35.5. The minimum atomic E-state index is -4.44. The van der Waals surface area contributed by atoms with Crippen LogP contribution in [0.15, 0.2) is 12.3 Å². The van der Waals surface area contributed by atoms with Crippen molar-refractivity contribution >= 4 is 17.4 Å². The van der Waals surface area contributed by atoms with Gasteiger partial charge in [-0.15, -0.1) is 0 Å². The normalized spacial score (nSPS) is 11.9. The number of hydrogen-bond acceptors (Lipinski definition) is 4. The Kier molecular flexibility index (Phi) is 6.51. The number of aromatic nitrogens is 1. The Labute approximate surface area is 120 Å². The summed E-state index contributed by atoms with van der Waals surface area (Å²) in [5, 5.41) is 2.77. The first-order valence-electron chi connectivity index (χ1n) is 6.00. The number of pyridine rings is 1. The Balaban J connectivity index is 2.38. The maximum Gasteiger partial charge on any atom is 0.417 e. The highest BCUT2D eigenvalue weighted by Gasteiger charge is 2.31. The molecule has 20 heavy (non-hydrogen) atoms. The summed E-state index contributed by atoms with van der Waals surface area (Å²) >= 11 is 5.74. The number of halogens is 4. The standard InChI is InChI=1S/C12H17ClF3N3O/c1-19(2)4-6-20-5-3-17-11-10(13)7-9(8-18-11)12(14,15)16/h7-8H,3-6H2,1-2H3,(H,17,18). The van der Waals surface area contributed by atoms with Gasteiger partial charge in [0, 0.05) is 19.3 Å². The van der Waals surface area contributed by atoms with Crippen molar-refractivity contribution in [1.82, 2.24) is 9.88 Å². The van der Waals surface area contributed by atoms with Crippen LogP contribution in [-0.4, -0.2) is 50.3 Å². The largest absolute Gasteiger partial charge is 0.417 e. The van der Waals surface area contributed by atoms with Gasteiger partial charge < -0.3 is 15.0 Å². The van der Waals surface area contributed by atoms with Crippen LogP contribution in [0.1, 0.15) is 5.56 Å². The van der Waals surface area contributed by atoms with Crippen LogP contribution in [0.25, 0.3) is 0 Å². The summed E-state index contributed by atoms with van der Waals surface area (Å²) in [5.74, 6) is 0.218. The van der Waals surface area contributed by atoms with Crippen LogP contribution in [0, 0.1) is 0 Å². The number of ether oxygens (including phenoxy) is 1. The molecule has 0 unspecified atom stereocenters. The number of hydrogen-bond donors (Lipinski definition) is 1. The third-order valence-electron chi connectivity index (χ3n) is 2.39. The smallest absolute Gasteiger partial charge is 0.378 e. The third kappa shape index (κ3) is 5.94. The quantitative estimate of drug-likeness (QED) is 0.786. The third-order valence-corrected chi connectivity index (χ3v) is 2.68. The lowest BCUT2D eigenvalue weighted by Crippen LogP contribution is -2.20. The fourth-order valence-electron chi connectivity index (χ4n) is 1.31. The van der Waals surface area contributed by atoms with E-state index in [9.17, 15) is 13.2 Å². The molecule has 1 aromatic rings. The summed E-state index contributed by atoms with van der Waals surface area (Å²) in [7, 11) is 3.88. The highest BCUT2D eigenvalue weighted by molar-refractivity contribution is 6.32. The molecule has 0 atom stereocenters. The van der Waals surface area contributed by atoms with Gasteiger partial charge in [-0.2, -0.15) is 13.2 Å². The molecule has 0 radical (unpaired) electrons. The molecule has 8 heteroatoms. The van der Waals surface area contributed by atoms with Crippen molar-refractivity contribution in [2.75, 3.05) is 45.7 Å². The summed E-state index contributed by atoms with van der Waals surface area (Å²) in [6, 6.07) is 0.851. The van der Waals surface area contributed by atoms with Gasteiger partial charge in [-0.05, 0) is 20.2 Å². The van der Waals surface area contributed by atoms with Crippen LogP contribution in [0.2, 0.25) is 5.02 Å². The van der Waals surface area contributed by atoms with E-state index in [2.05, 4.69) is 10.3 Å². The van der Waals surface area contributed by atoms with Crippen LogP contribution in [0.3, 0.4) is 0 Å². The average molecular weight is 312 g/mol. The Morgan fingerprint density at radius 3 is 2.60 bits per heavy atom. The van der Waals surface area contributed by atoms with Crippen LogP contribution in [-0.2, 0) is 10.9 Å². The van der Waals surface area contributed by atoms with Gasteiger partial charge in [0.15, 0.2) is 0 Å². The van der Waals surface area contributed by atoms with Crippen molar-refractivity contribution in [3.63, 3.8) is 0 Å². The number of rotatable bonds is 7. The van der Waals surface area contributed by atoms with E-state index in [1.54, 1.807) is 0 Å². The average Bonchev–Trinajstić information content (AvgIpc) is 2.33. The van der Waals surface area contributed by atoms with Crippen molar-refractivity contribution < 1.29 is 17.9 Å². The second kappa shape index (κ2) is 7.66. The summed E-state index contributed by atoms with van der Waals surface area (Å²) in [4.78, 5) is 5.65. The van der Waals surface area contributed by atoms with Gasteiger partial charge in [-0.3, -0.25) is 0 Å². The van der Waals surface area contributed by atoms with Gasteiger partial charge in [0.1, 0.15) is 5.82 Å². The molecule has 0 amide bonds. The summed E-state index contributed by atoms with van der Waals surface area (Å²) < 4.78 is 42.6. The summed E-state index contributed by atoms with van der Waals surface area (Å²) in [5.41, 5.74) is -0.865. The fraction of sp³-hybridized carbons (Fsp3) is 0.583. The van der Waals surface area contributed by atoms with Gasteiger partial charge in [-0.25, -0.2) is 4.98 Å². The minimum absolute atomic E-state index is 0.0619. The molecule has 0 aliphatic heterocycles. The van der Waals surface area contributed by atoms with E-state index in [4.69, 9.17) is 16.3 Å². The lowest BCUT2D eigenvalue weighted by atomic mass is 10.3. The number of nitrogens with one attached hydrogen (secondary N) is 1. The zero-order valence-electron chi connectivity index (χ0n) is 11.3. The molecule has 4 nitrogen and oxygen atoms in total. The van der Waals surface area contributed by atoms with E-state index in [0.29, 0.717) is 19.8 Å². The molecule has 1 rings (SSSR count). The van der Waals surface area contributed by atoms with Crippen molar-refractivity contribution in [3.05, 3.63) is 22.8 Å². The van der Waals surface area contributed by atoms with Crippen molar-refractivity contribution in [2.24, 2.45) is 0 Å². The molecule has 114 valence electrons. The Morgan fingerprint density at radius 1 is 1.35 bits per heavy atom. The lowest BCUT2D eigenvalue weighted by molar-refractivity contribution is -0.137. The monoisotopic (exact) mass is 311 g/mol. The first kappa shape index (κ1) is 17.0. The van der Waals surface area contributed by atoms with Gasteiger partial charge in [0.05, 0.1) is 23.8 Å². The lowest BCUT2D eigenvalue weighted by Gasteiger charge is -2.12. The van der Waals surface area contributed by atoms with Crippen LogP contribution in [0.4, 0.5) is 19.0 Å². The van der Waals surface area contributed by atoms with Crippen LogP contribution >= 0.6 is 11.6 Å². The molecule has 0 aliphatic rings. The van der Waals surface area contributed by atoms with E-state index in [1.165, 1.54) is 0 Å². The van der Waals surface area contributed by atoms with E-state index in [0.717, 1.165) is 18.8 Å². The summed E-state index contributed by atoms with van der Waals surface area (Å²) in [6.45, 7) is 2.24. The van der Waals surface area contributed by atoms with Crippen LogP contribution in [0.5, 0.6) is 0 Å². The SMILES string of the molecule is CN(C)CCOCCNc1ncc(C(F)(F)F)cc1Cl. The van der Waals surface area contributed by atoms with Crippen molar-refractivity contribution in [1.29, 1.82) is 0 Å². The van der Waals surface area contributed by atoms with Crippen LogP contribution < -0.4 is 5.32 Å². The van der Waals surface area contributed by atoms with E-state index in [-0.39, 0.29) is 10.8 Å². The van der Waals surface area contributed by atoms with Gasteiger partial charge in [-0.1, -0.05) is 11.6 Å². The molecular weight excluding hydrogens is 295 g/mol. The number of alkyl halides is 3. The van der Waals surface area contributed by atoms with E-state index >= 15 is 0 Å². The van der Waals surface area contributed by atoms with Gasteiger partial charge in [0.25, 0.3) is 0 Å². The van der Waals surface area contributed by atoms with Crippen molar-refractivity contribution in [2.45, 2.75) is 6.18 Å². The predicted molar refractivity (Wildman–Crippen MR) is 72.1 cm³/mol. The molecule has 0 bridgehead atoms. The molecule has 0 saturated carbocycles. The number of anilines is 1. The minimum Gasteiger partial charge on any atom is -0.378 e. The predicted octanol–water partition coefficient (Wildman–Crippen LogP) is 2.74. The molecular formula is C12H17ClF3N3O. The van der Waals surface area contributed by atoms with E-state index in [1.807, 2.05) is 19.0 Å². The summed E-state index contributed by atoms with van der Waals surface area (Å²) in [6.07, 6.45) is -3.69. The molecule has 0 spiro atoms. The van der Waals surface area contributed by atoms with Gasteiger partial charge >= 0.3 is 6.18 Å². The molecule has 0 aliphatic carbocycles. The Hall–Kier alpha value is -1.05. The maximum absolute atomic E-state index is 12.4. The van der Waals surface area contributed by atoms with Gasteiger partial charge in [0.2, 0.25) is 0 Å². The van der Waals surface area contributed by atoms with Crippen molar-refractivity contribution in [3.8, 4) is 0 Å². The number of likely N-dealkylation sites (N-methyl/N-ethyl adjacent to an activating group) is 1.